The molecule has 32 heavy (non-hydrogen) atoms. The van der Waals surface area contributed by atoms with Gasteiger partial charge in [0.15, 0.2) is 0 Å². The molecule has 2 atom stereocenters. The highest BCUT2D eigenvalue weighted by molar-refractivity contribution is 7.99. The minimum atomic E-state index is -0.520. The normalized spacial score (nSPS) is 12.7. The monoisotopic (exact) mass is 476 g/mol. The summed E-state index contributed by atoms with van der Waals surface area (Å²) in [4.78, 5) is 27.9. The molecule has 5 nitrogen and oxygen atoms in total. The predicted octanol–water partition coefficient (Wildman–Crippen LogP) is 5.30. The van der Waals surface area contributed by atoms with Gasteiger partial charge in [0.25, 0.3) is 0 Å². The molecule has 174 valence electrons. The van der Waals surface area contributed by atoms with Crippen molar-refractivity contribution in [1.29, 1.82) is 0 Å². The van der Waals surface area contributed by atoms with E-state index in [1.165, 1.54) is 0 Å². The van der Waals surface area contributed by atoms with Crippen LogP contribution in [0.25, 0.3) is 0 Å². The number of amides is 2. The molecule has 7 heteroatoms. The summed E-state index contributed by atoms with van der Waals surface area (Å²) in [5, 5.41) is 3.67. The number of benzene rings is 2. The first-order valence-electron chi connectivity index (χ1n) is 10.9. The fourth-order valence-corrected chi connectivity index (χ4v) is 4.20. The molecule has 0 aliphatic carbocycles. The zero-order valence-electron chi connectivity index (χ0n) is 19.3. The Labute approximate surface area is 200 Å². The smallest absolute Gasteiger partial charge is 0.243 e. The van der Waals surface area contributed by atoms with Crippen LogP contribution in [0.1, 0.15) is 44.7 Å². The van der Waals surface area contributed by atoms with Crippen LogP contribution in [0.3, 0.4) is 0 Å². The van der Waals surface area contributed by atoms with E-state index in [4.69, 9.17) is 16.3 Å². The molecular weight excluding hydrogens is 444 g/mol. The average molecular weight is 477 g/mol. The number of ether oxygens (including phenoxy) is 1. The van der Waals surface area contributed by atoms with E-state index in [1.807, 2.05) is 57.2 Å². The summed E-state index contributed by atoms with van der Waals surface area (Å²) in [6, 6.07) is 14.8. The fraction of sp³-hybridized carbons (Fsp3) is 0.440. The second-order valence-corrected chi connectivity index (χ2v) is 9.15. The van der Waals surface area contributed by atoms with E-state index in [-0.39, 0.29) is 17.9 Å². The van der Waals surface area contributed by atoms with Gasteiger partial charge in [-0.05, 0) is 55.2 Å². The van der Waals surface area contributed by atoms with Crippen molar-refractivity contribution in [3.63, 3.8) is 0 Å². The molecular formula is C25H33ClN2O3S. The highest BCUT2D eigenvalue weighted by Gasteiger charge is 2.29. The SMILES string of the molecule is CC[C@H](C(=O)N[C@@H](C)CC)N(Cc1ccc(Cl)cc1)C(=O)CSCc1ccc(OC)cc1. The first-order chi connectivity index (χ1) is 15.4. The van der Waals surface area contributed by atoms with Gasteiger partial charge in [0.2, 0.25) is 11.8 Å². The summed E-state index contributed by atoms with van der Waals surface area (Å²) in [6.07, 6.45) is 1.38. The molecule has 0 bridgehead atoms. The average Bonchev–Trinajstić information content (AvgIpc) is 2.80. The Balaban J connectivity index is 2.10. The fourth-order valence-electron chi connectivity index (χ4n) is 3.21. The number of nitrogens with zero attached hydrogens (tertiary/aromatic N) is 1. The van der Waals surface area contributed by atoms with Gasteiger partial charge in [-0.1, -0.05) is 49.7 Å². The van der Waals surface area contributed by atoms with Crippen LogP contribution < -0.4 is 10.1 Å². The number of rotatable bonds is 12. The second-order valence-electron chi connectivity index (χ2n) is 7.73. The predicted molar refractivity (Wildman–Crippen MR) is 133 cm³/mol. The number of thioether (sulfide) groups is 1. The van der Waals surface area contributed by atoms with E-state index in [2.05, 4.69) is 5.32 Å². The zero-order chi connectivity index (χ0) is 23.5. The summed E-state index contributed by atoms with van der Waals surface area (Å²) in [6.45, 7) is 6.30. The van der Waals surface area contributed by atoms with Gasteiger partial charge >= 0.3 is 0 Å². The van der Waals surface area contributed by atoms with Crippen molar-refractivity contribution in [2.24, 2.45) is 0 Å². The lowest BCUT2D eigenvalue weighted by Gasteiger charge is -2.31. The third-order valence-corrected chi connectivity index (χ3v) is 6.55. The summed E-state index contributed by atoms with van der Waals surface area (Å²) in [5.74, 6) is 1.66. The highest BCUT2D eigenvalue weighted by Crippen LogP contribution is 2.20. The van der Waals surface area contributed by atoms with Gasteiger partial charge in [-0.15, -0.1) is 11.8 Å². The lowest BCUT2D eigenvalue weighted by Crippen LogP contribution is -2.51. The van der Waals surface area contributed by atoms with Crippen LogP contribution in [0.15, 0.2) is 48.5 Å². The Morgan fingerprint density at radius 1 is 1.03 bits per heavy atom. The van der Waals surface area contributed by atoms with Gasteiger partial charge in [0, 0.05) is 23.4 Å². The van der Waals surface area contributed by atoms with Crippen molar-refractivity contribution in [2.75, 3.05) is 12.9 Å². The molecule has 2 aromatic carbocycles. The molecule has 0 saturated heterocycles. The Morgan fingerprint density at radius 2 is 1.66 bits per heavy atom. The third-order valence-electron chi connectivity index (χ3n) is 5.31. The van der Waals surface area contributed by atoms with Crippen molar-refractivity contribution < 1.29 is 14.3 Å². The van der Waals surface area contributed by atoms with Crippen molar-refractivity contribution in [1.82, 2.24) is 10.2 Å². The van der Waals surface area contributed by atoms with Crippen LogP contribution >= 0.6 is 23.4 Å². The van der Waals surface area contributed by atoms with Crippen LogP contribution in [0.5, 0.6) is 5.75 Å². The first-order valence-corrected chi connectivity index (χ1v) is 12.5. The van der Waals surface area contributed by atoms with Crippen molar-refractivity contribution in [3.05, 3.63) is 64.7 Å². The summed E-state index contributed by atoms with van der Waals surface area (Å²) >= 11 is 7.56. The second kappa shape index (κ2) is 13.4. The molecule has 2 rings (SSSR count). The number of hydrogen-bond acceptors (Lipinski definition) is 4. The zero-order valence-corrected chi connectivity index (χ0v) is 20.8. The van der Waals surface area contributed by atoms with E-state index >= 15 is 0 Å². The van der Waals surface area contributed by atoms with Gasteiger partial charge in [-0.25, -0.2) is 0 Å². The quantitative estimate of drug-likeness (QED) is 0.451. The Bertz CT molecular complexity index is 858. The maximum atomic E-state index is 13.2. The number of nitrogens with one attached hydrogen (secondary N) is 1. The largest absolute Gasteiger partial charge is 0.497 e. The molecule has 0 aromatic heterocycles. The van der Waals surface area contributed by atoms with Gasteiger partial charge < -0.3 is 15.0 Å². The molecule has 0 radical (unpaired) electrons. The number of carbonyl (C=O) groups is 2. The topological polar surface area (TPSA) is 58.6 Å². The summed E-state index contributed by atoms with van der Waals surface area (Å²) in [7, 11) is 1.64. The summed E-state index contributed by atoms with van der Waals surface area (Å²) < 4.78 is 5.19. The molecule has 2 amide bonds. The number of hydrogen-bond donors (Lipinski definition) is 1. The van der Waals surface area contributed by atoms with Crippen LogP contribution in [-0.2, 0) is 21.9 Å². The number of halogens is 1. The molecule has 0 spiro atoms. The minimum Gasteiger partial charge on any atom is -0.497 e. The van der Waals surface area contributed by atoms with E-state index in [0.29, 0.717) is 29.5 Å². The van der Waals surface area contributed by atoms with Gasteiger partial charge in [-0.3, -0.25) is 9.59 Å². The standard InChI is InChI=1S/C25H33ClN2O3S/c1-5-18(3)27-25(30)23(6-2)28(15-19-7-11-21(26)12-8-19)24(29)17-32-16-20-9-13-22(31-4)14-10-20/h7-14,18,23H,5-6,15-17H2,1-4H3,(H,27,30)/t18-,23+/m0/s1. The van der Waals surface area contributed by atoms with Gasteiger partial charge in [0.1, 0.15) is 11.8 Å². The Morgan fingerprint density at radius 3 is 2.22 bits per heavy atom. The van der Waals surface area contributed by atoms with Crippen molar-refractivity contribution >= 4 is 35.2 Å². The molecule has 0 unspecified atom stereocenters. The molecule has 2 aromatic rings. The molecule has 0 aliphatic rings. The molecule has 0 saturated carbocycles. The lowest BCUT2D eigenvalue weighted by atomic mass is 10.1. The number of methoxy groups -OCH3 is 1. The van der Waals surface area contributed by atoms with Gasteiger partial charge in [-0.2, -0.15) is 0 Å². The maximum Gasteiger partial charge on any atom is 0.243 e. The van der Waals surface area contributed by atoms with Crippen LogP contribution in [-0.4, -0.2) is 41.7 Å². The van der Waals surface area contributed by atoms with E-state index < -0.39 is 6.04 Å². The minimum absolute atomic E-state index is 0.0513. The Hall–Kier alpha value is -2.18. The van der Waals surface area contributed by atoms with Crippen molar-refractivity contribution in [2.45, 2.75) is 58.0 Å². The Kier molecular flexibility index (Phi) is 10.9. The van der Waals surface area contributed by atoms with E-state index in [1.54, 1.807) is 35.9 Å². The number of carbonyl (C=O) groups excluding carboxylic acids is 2. The highest BCUT2D eigenvalue weighted by atomic mass is 35.5. The van der Waals surface area contributed by atoms with Crippen LogP contribution in [0, 0.1) is 0 Å². The first kappa shape index (κ1) is 26.1. The van der Waals surface area contributed by atoms with E-state index in [9.17, 15) is 9.59 Å². The molecule has 0 heterocycles. The van der Waals surface area contributed by atoms with Crippen LogP contribution in [0.2, 0.25) is 5.02 Å². The summed E-state index contributed by atoms with van der Waals surface area (Å²) in [5.41, 5.74) is 2.06. The van der Waals surface area contributed by atoms with E-state index in [0.717, 1.165) is 23.3 Å². The molecule has 1 N–H and O–H groups in total. The van der Waals surface area contributed by atoms with Crippen LogP contribution in [0.4, 0.5) is 0 Å². The van der Waals surface area contributed by atoms with Crippen molar-refractivity contribution in [3.8, 4) is 5.75 Å². The lowest BCUT2D eigenvalue weighted by molar-refractivity contribution is -0.139. The third kappa shape index (κ3) is 8.06. The molecule has 0 fully saturated rings. The molecule has 0 aliphatic heterocycles. The maximum absolute atomic E-state index is 13.2. The van der Waals surface area contributed by atoms with Gasteiger partial charge in [0.05, 0.1) is 12.9 Å².